The molecular formula is C18H30N2S. The largest absolute Gasteiger partial charge is 0.359 e. The van der Waals surface area contributed by atoms with Gasteiger partial charge in [-0.1, -0.05) is 25.1 Å². The number of rotatable bonds is 2. The van der Waals surface area contributed by atoms with Gasteiger partial charge < -0.3 is 5.32 Å². The lowest BCUT2D eigenvalue weighted by atomic mass is 9.78. The Morgan fingerprint density at radius 2 is 2.00 bits per heavy atom. The van der Waals surface area contributed by atoms with Crippen LogP contribution in [0.2, 0.25) is 0 Å². The van der Waals surface area contributed by atoms with Crippen molar-refractivity contribution in [3.8, 4) is 0 Å². The van der Waals surface area contributed by atoms with Crippen molar-refractivity contribution in [2.45, 2.75) is 76.8 Å². The molecule has 0 aromatic heterocycles. The Kier molecular flexibility index (Phi) is 3.76. The Hall–Kier alpha value is -0.180. The molecule has 0 amide bonds. The first kappa shape index (κ1) is 14.4. The van der Waals surface area contributed by atoms with Gasteiger partial charge in [-0.3, -0.25) is 4.99 Å². The summed E-state index contributed by atoms with van der Waals surface area (Å²) < 4.78 is 0. The molecule has 4 unspecified atom stereocenters. The molecule has 1 aliphatic heterocycles. The number of aliphatic imine (C=N–C) groups is 1. The highest BCUT2D eigenvalue weighted by Gasteiger charge is 2.43. The molecule has 4 atom stereocenters. The number of hydrogen-bond donors (Lipinski definition) is 1. The van der Waals surface area contributed by atoms with Gasteiger partial charge in [-0.05, 0) is 75.5 Å². The quantitative estimate of drug-likeness (QED) is 0.815. The van der Waals surface area contributed by atoms with Gasteiger partial charge in [-0.15, -0.1) is 0 Å². The minimum Gasteiger partial charge on any atom is -0.359 e. The highest BCUT2D eigenvalue weighted by Crippen LogP contribution is 2.50. The Bertz CT molecular complexity index is 425. The molecule has 0 aromatic carbocycles. The standard InChI is InChI=1S/C18H30N2S/c1-12-5-7-18(8-6-12)11-21-17(20-18)19-13(2)16-10-14-3-4-15(16)9-14/h12-16H,3-11H2,1-2H3,(H,19,20). The molecule has 3 saturated carbocycles. The molecule has 118 valence electrons. The fourth-order valence-electron chi connectivity index (χ4n) is 5.32. The number of hydrogen-bond acceptors (Lipinski definition) is 2. The summed E-state index contributed by atoms with van der Waals surface area (Å²) in [6, 6.07) is 0.535. The molecule has 2 nitrogen and oxygen atoms in total. The predicted molar refractivity (Wildman–Crippen MR) is 91.8 cm³/mol. The topological polar surface area (TPSA) is 24.4 Å². The van der Waals surface area contributed by atoms with E-state index in [1.54, 1.807) is 0 Å². The van der Waals surface area contributed by atoms with Crippen LogP contribution in [0, 0.1) is 23.7 Å². The fourth-order valence-corrected chi connectivity index (χ4v) is 6.63. The predicted octanol–water partition coefficient (Wildman–Crippen LogP) is 4.45. The van der Waals surface area contributed by atoms with Gasteiger partial charge in [-0.2, -0.15) is 0 Å². The first-order valence-corrected chi connectivity index (χ1v) is 10.1. The van der Waals surface area contributed by atoms with Crippen molar-refractivity contribution in [1.29, 1.82) is 0 Å². The summed E-state index contributed by atoms with van der Waals surface area (Å²) in [4.78, 5) is 5.11. The molecule has 1 spiro atoms. The van der Waals surface area contributed by atoms with E-state index in [2.05, 4.69) is 19.2 Å². The van der Waals surface area contributed by atoms with Gasteiger partial charge >= 0.3 is 0 Å². The molecule has 1 saturated heterocycles. The van der Waals surface area contributed by atoms with Gasteiger partial charge in [0.15, 0.2) is 5.17 Å². The van der Waals surface area contributed by atoms with Crippen molar-refractivity contribution >= 4 is 16.9 Å². The lowest BCUT2D eigenvalue weighted by molar-refractivity contribution is 0.250. The zero-order valence-electron chi connectivity index (χ0n) is 13.6. The number of amidine groups is 1. The molecule has 0 aromatic rings. The molecule has 21 heavy (non-hydrogen) atoms. The van der Waals surface area contributed by atoms with Gasteiger partial charge in [-0.25, -0.2) is 0 Å². The second-order valence-corrected chi connectivity index (χ2v) is 9.35. The number of thioether (sulfide) groups is 1. The molecule has 1 heterocycles. The van der Waals surface area contributed by atoms with Gasteiger partial charge in [0, 0.05) is 11.3 Å². The molecule has 0 radical (unpaired) electrons. The normalized spacial score (nSPS) is 49.0. The van der Waals surface area contributed by atoms with E-state index in [0.717, 1.165) is 23.7 Å². The van der Waals surface area contributed by atoms with Crippen LogP contribution in [0.4, 0.5) is 0 Å². The molecule has 4 rings (SSSR count). The van der Waals surface area contributed by atoms with Crippen LogP contribution in [-0.2, 0) is 0 Å². The molecule has 3 aliphatic carbocycles. The summed E-state index contributed by atoms with van der Waals surface area (Å²) >= 11 is 2.00. The first-order chi connectivity index (χ1) is 10.1. The van der Waals surface area contributed by atoms with Crippen molar-refractivity contribution < 1.29 is 0 Å². The molecular weight excluding hydrogens is 276 g/mol. The third-order valence-electron chi connectivity index (χ3n) is 6.82. The van der Waals surface area contributed by atoms with Crippen molar-refractivity contribution in [3.05, 3.63) is 0 Å². The Morgan fingerprint density at radius 1 is 1.19 bits per heavy atom. The van der Waals surface area contributed by atoms with E-state index in [1.165, 1.54) is 62.3 Å². The molecule has 2 bridgehead atoms. The first-order valence-electron chi connectivity index (χ1n) is 9.12. The maximum Gasteiger partial charge on any atom is 0.157 e. The summed E-state index contributed by atoms with van der Waals surface area (Å²) in [7, 11) is 0. The van der Waals surface area contributed by atoms with E-state index in [1.807, 2.05) is 11.8 Å². The van der Waals surface area contributed by atoms with Crippen molar-refractivity contribution in [3.63, 3.8) is 0 Å². The van der Waals surface area contributed by atoms with Gasteiger partial charge in [0.25, 0.3) is 0 Å². The average Bonchev–Trinajstić information content (AvgIpc) is 3.18. The third kappa shape index (κ3) is 2.75. The van der Waals surface area contributed by atoms with Crippen LogP contribution < -0.4 is 5.32 Å². The van der Waals surface area contributed by atoms with Crippen molar-refractivity contribution in [2.75, 3.05) is 5.75 Å². The summed E-state index contributed by atoms with van der Waals surface area (Å²) in [5.74, 6) is 5.09. The lowest BCUT2D eigenvalue weighted by Gasteiger charge is -2.35. The Labute approximate surface area is 133 Å². The SMILES string of the molecule is CC1CCC2(CC1)CSC(=NC(C)C1CC3CCC1C3)N2. The number of nitrogens with zero attached hydrogens (tertiary/aromatic N) is 1. The van der Waals surface area contributed by atoms with Crippen LogP contribution in [0.3, 0.4) is 0 Å². The summed E-state index contributed by atoms with van der Waals surface area (Å²) in [6.45, 7) is 4.77. The minimum atomic E-state index is 0.393. The van der Waals surface area contributed by atoms with Crippen LogP contribution in [0.25, 0.3) is 0 Å². The highest BCUT2D eigenvalue weighted by molar-refractivity contribution is 8.14. The lowest BCUT2D eigenvalue weighted by Crippen LogP contribution is -2.46. The molecule has 1 N–H and O–H groups in total. The second kappa shape index (κ2) is 5.47. The second-order valence-electron chi connectivity index (χ2n) is 8.39. The van der Waals surface area contributed by atoms with E-state index in [9.17, 15) is 0 Å². The van der Waals surface area contributed by atoms with Gasteiger partial charge in [0.2, 0.25) is 0 Å². The van der Waals surface area contributed by atoms with E-state index < -0.39 is 0 Å². The maximum atomic E-state index is 5.11. The zero-order valence-corrected chi connectivity index (χ0v) is 14.4. The smallest absolute Gasteiger partial charge is 0.157 e. The summed E-state index contributed by atoms with van der Waals surface area (Å²) in [5, 5.41) is 5.10. The van der Waals surface area contributed by atoms with Crippen molar-refractivity contribution in [2.24, 2.45) is 28.7 Å². The van der Waals surface area contributed by atoms with Crippen molar-refractivity contribution in [1.82, 2.24) is 5.32 Å². The van der Waals surface area contributed by atoms with Crippen LogP contribution in [0.15, 0.2) is 4.99 Å². The van der Waals surface area contributed by atoms with E-state index >= 15 is 0 Å². The zero-order chi connectivity index (χ0) is 14.4. The number of nitrogens with one attached hydrogen (secondary N) is 1. The molecule has 3 heteroatoms. The molecule has 4 fully saturated rings. The third-order valence-corrected chi connectivity index (χ3v) is 8.00. The van der Waals surface area contributed by atoms with E-state index in [-0.39, 0.29) is 0 Å². The van der Waals surface area contributed by atoms with Crippen LogP contribution in [-0.4, -0.2) is 22.5 Å². The van der Waals surface area contributed by atoms with Crippen LogP contribution in [0.1, 0.15) is 65.2 Å². The average molecular weight is 307 g/mol. The van der Waals surface area contributed by atoms with Crippen LogP contribution >= 0.6 is 11.8 Å². The van der Waals surface area contributed by atoms with Gasteiger partial charge in [0.1, 0.15) is 0 Å². The maximum absolute atomic E-state index is 5.11. The fraction of sp³-hybridized carbons (Fsp3) is 0.944. The highest BCUT2D eigenvalue weighted by atomic mass is 32.2. The monoisotopic (exact) mass is 306 g/mol. The van der Waals surface area contributed by atoms with E-state index in [0.29, 0.717) is 11.6 Å². The molecule has 4 aliphatic rings. The van der Waals surface area contributed by atoms with E-state index in [4.69, 9.17) is 4.99 Å². The number of fused-ring (bicyclic) bond motifs is 2. The Morgan fingerprint density at radius 3 is 2.67 bits per heavy atom. The minimum absolute atomic E-state index is 0.393. The Balaban J connectivity index is 1.38. The summed E-state index contributed by atoms with van der Waals surface area (Å²) in [6.07, 6.45) is 11.4. The van der Waals surface area contributed by atoms with Crippen LogP contribution in [0.5, 0.6) is 0 Å². The summed E-state index contributed by atoms with van der Waals surface area (Å²) in [5.41, 5.74) is 0.393. The van der Waals surface area contributed by atoms with Gasteiger partial charge in [0.05, 0.1) is 6.04 Å².